The minimum Gasteiger partial charge on any atom is -0.468 e. The third kappa shape index (κ3) is 4.74. The van der Waals surface area contributed by atoms with Crippen molar-refractivity contribution in [3.05, 3.63) is 12.4 Å². The standard InChI is InChI=1S/C15H25N3O2S/c1-15(13(19)20-3,17-12-6-7-12)8-4-5-11-21-14-16-9-10-18(14)2/h9-10,12,17H,4-8,11H2,1-3H3. The van der Waals surface area contributed by atoms with Crippen molar-refractivity contribution in [2.24, 2.45) is 7.05 Å². The first-order valence-corrected chi connectivity index (χ1v) is 8.50. The summed E-state index contributed by atoms with van der Waals surface area (Å²) in [5, 5.41) is 4.48. The fraction of sp³-hybridized carbons (Fsp3) is 0.733. The Morgan fingerprint density at radius 2 is 2.33 bits per heavy atom. The molecule has 0 radical (unpaired) electrons. The number of esters is 1. The lowest BCUT2D eigenvalue weighted by Crippen LogP contribution is -2.51. The summed E-state index contributed by atoms with van der Waals surface area (Å²) in [5.41, 5.74) is -0.538. The zero-order valence-electron chi connectivity index (χ0n) is 13.1. The largest absolute Gasteiger partial charge is 0.468 e. The SMILES string of the molecule is COC(=O)C(C)(CCCCSc1nccn1C)NC1CC1. The predicted octanol–water partition coefficient (Wildman–Crippen LogP) is 2.37. The van der Waals surface area contributed by atoms with Gasteiger partial charge < -0.3 is 9.30 Å². The molecule has 1 N–H and O–H groups in total. The summed E-state index contributed by atoms with van der Waals surface area (Å²) in [6.07, 6.45) is 8.99. The van der Waals surface area contributed by atoms with Crippen LogP contribution in [0.15, 0.2) is 17.6 Å². The van der Waals surface area contributed by atoms with E-state index in [0.29, 0.717) is 6.04 Å². The highest BCUT2D eigenvalue weighted by atomic mass is 32.2. The second-order valence-electron chi connectivity index (χ2n) is 5.87. The molecule has 1 atom stereocenters. The molecular weight excluding hydrogens is 286 g/mol. The zero-order chi connectivity index (χ0) is 15.3. The summed E-state index contributed by atoms with van der Waals surface area (Å²) in [4.78, 5) is 16.3. The Balaban J connectivity index is 1.71. The van der Waals surface area contributed by atoms with Gasteiger partial charge in [-0.1, -0.05) is 18.2 Å². The zero-order valence-corrected chi connectivity index (χ0v) is 13.9. The number of unbranched alkanes of at least 4 members (excludes halogenated alkanes) is 1. The summed E-state index contributed by atoms with van der Waals surface area (Å²) in [6.45, 7) is 1.96. The number of hydrogen-bond acceptors (Lipinski definition) is 5. The lowest BCUT2D eigenvalue weighted by atomic mass is 9.95. The first-order valence-electron chi connectivity index (χ1n) is 7.51. The summed E-state index contributed by atoms with van der Waals surface area (Å²) < 4.78 is 6.98. The van der Waals surface area contributed by atoms with E-state index >= 15 is 0 Å². The van der Waals surface area contributed by atoms with E-state index in [2.05, 4.69) is 10.3 Å². The van der Waals surface area contributed by atoms with Gasteiger partial charge in [0, 0.05) is 31.2 Å². The van der Waals surface area contributed by atoms with Gasteiger partial charge in [-0.15, -0.1) is 0 Å². The Morgan fingerprint density at radius 3 is 2.90 bits per heavy atom. The van der Waals surface area contributed by atoms with Crippen molar-refractivity contribution in [2.45, 2.75) is 55.8 Å². The van der Waals surface area contributed by atoms with Crippen LogP contribution in [0.2, 0.25) is 0 Å². The molecule has 1 aliphatic carbocycles. The third-order valence-corrected chi connectivity index (χ3v) is 4.96. The molecular formula is C15H25N3O2S. The summed E-state index contributed by atoms with van der Waals surface area (Å²) in [7, 11) is 3.47. The van der Waals surface area contributed by atoms with Gasteiger partial charge in [0.25, 0.3) is 0 Å². The molecule has 5 nitrogen and oxygen atoms in total. The average molecular weight is 311 g/mol. The van der Waals surface area contributed by atoms with Gasteiger partial charge in [-0.05, 0) is 32.6 Å². The summed E-state index contributed by atoms with van der Waals surface area (Å²) in [6, 6.07) is 0.496. The molecule has 1 aliphatic rings. The van der Waals surface area contributed by atoms with Crippen molar-refractivity contribution in [1.29, 1.82) is 0 Å². The highest BCUT2D eigenvalue weighted by molar-refractivity contribution is 7.99. The molecule has 1 heterocycles. The van der Waals surface area contributed by atoms with E-state index in [-0.39, 0.29) is 5.97 Å². The van der Waals surface area contributed by atoms with E-state index in [1.54, 1.807) is 11.8 Å². The van der Waals surface area contributed by atoms with Crippen LogP contribution in [0.25, 0.3) is 0 Å². The molecule has 1 unspecified atom stereocenters. The van der Waals surface area contributed by atoms with Crippen molar-refractivity contribution in [2.75, 3.05) is 12.9 Å². The Kier molecular flexibility index (Phi) is 5.70. The maximum atomic E-state index is 12.0. The van der Waals surface area contributed by atoms with Gasteiger partial charge in [-0.25, -0.2) is 4.98 Å². The molecule has 0 aliphatic heterocycles. The van der Waals surface area contributed by atoms with Crippen LogP contribution in [-0.2, 0) is 16.6 Å². The fourth-order valence-electron chi connectivity index (χ4n) is 2.37. The maximum absolute atomic E-state index is 12.0. The van der Waals surface area contributed by atoms with Crippen LogP contribution in [0.3, 0.4) is 0 Å². The number of aromatic nitrogens is 2. The molecule has 0 aromatic carbocycles. The number of ether oxygens (including phenoxy) is 1. The molecule has 1 aromatic rings. The van der Waals surface area contributed by atoms with Gasteiger partial charge in [-0.3, -0.25) is 10.1 Å². The van der Waals surface area contributed by atoms with Gasteiger partial charge in [0.2, 0.25) is 0 Å². The third-order valence-electron chi connectivity index (χ3n) is 3.82. The highest BCUT2D eigenvalue weighted by Crippen LogP contribution is 2.26. The van der Waals surface area contributed by atoms with Gasteiger partial charge in [0.15, 0.2) is 5.16 Å². The van der Waals surface area contributed by atoms with E-state index in [1.165, 1.54) is 20.0 Å². The number of aryl methyl sites for hydroxylation is 1. The highest BCUT2D eigenvalue weighted by Gasteiger charge is 2.38. The van der Waals surface area contributed by atoms with Crippen LogP contribution < -0.4 is 5.32 Å². The van der Waals surface area contributed by atoms with Crippen LogP contribution in [0.4, 0.5) is 0 Å². The predicted molar refractivity (Wildman–Crippen MR) is 84.4 cm³/mol. The monoisotopic (exact) mass is 311 g/mol. The Bertz CT molecular complexity index is 473. The smallest absolute Gasteiger partial charge is 0.325 e. The molecule has 6 heteroatoms. The van der Waals surface area contributed by atoms with Gasteiger partial charge >= 0.3 is 5.97 Å². The van der Waals surface area contributed by atoms with Crippen LogP contribution >= 0.6 is 11.8 Å². The Hall–Kier alpha value is -1.01. The lowest BCUT2D eigenvalue weighted by Gasteiger charge is -2.28. The van der Waals surface area contributed by atoms with E-state index in [4.69, 9.17) is 4.74 Å². The number of nitrogens with zero attached hydrogens (tertiary/aromatic N) is 2. The van der Waals surface area contributed by atoms with E-state index in [1.807, 2.05) is 30.9 Å². The normalized spacial score (nSPS) is 17.5. The van der Waals surface area contributed by atoms with Gasteiger partial charge in [0.1, 0.15) is 5.54 Å². The molecule has 1 fully saturated rings. The Morgan fingerprint density at radius 1 is 1.57 bits per heavy atom. The number of methoxy groups -OCH3 is 1. The van der Waals surface area contributed by atoms with Gasteiger partial charge in [-0.2, -0.15) is 0 Å². The first kappa shape index (κ1) is 16.4. The Labute approximate surface area is 130 Å². The van der Waals surface area contributed by atoms with E-state index in [0.717, 1.165) is 30.2 Å². The summed E-state index contributed by atoms with van der Waals surface area (Å²) >= 11 is 1.76. The molecule has 0 spiro atoms. The number of thioether (sulfide) groups is 1. The minimum absolute atomic E-state index is 0.147. The molecule has 0 saturated heterocycles. The van der Waals surface area contributed by atoms with E-state index in [9.17, 15) is 4.79 Å². The summed E-state index contributed by atoms with van der Waals surface area (Å²) in [5.74, 6) is 0.872. The van der Waals surface area contributed by atoms with Crippen molar-refractivity contribution in [3.8, 4) is 0 Å². The van der Waals surface area contributed by atoms with Gasteiger partial charge in [0.05, 0.1) is 7.11 Å². The van der Waals surface area contributed by atoms with Crippen molar-refractivity contribution < 1.29 is 9.53 Å². The van der Waals surface area contributed by atoms with Crippen molar-refractivity contribution in [1.82, 2.24) is 14.9 Å². The maximum Gasteiger partial charge on any atom is 0.325 e. The van der Waals surface area contributed by atoms with Crippen LogP contribution in [0, 0.1) is 0 Å². The topological polar surface area (TPSA) is 56.1 Å². The van der Waals surface area contributed by atoms with Crippen LogP contribution in [0.1, 0.15) is 39.0 Å². The molecule has 2 rings (SSSR count). The molecule has 1 aromatic heterocycles. The quantitative estimate of drug-likeness (QED) is 0.431. The number of carbonyl (C=O) groups excluding carboxylic acids is 1. The first-order chi connectivity index (χ1) is 10.0. The second-order valence-corrected chi connectivity index (χ2v) is 6.93. The number of hydrogen-bond donors (Lipinski definition) is 1. The molecule has 0 bridgehead atoms. The van der Waals surface area contributed by atoms with Crippen molar-refractivity contribution in [3.63, 3.8) is 0 Å². The fourth-order valence-corrected chi connectivity index (χ4v) is 3.30. The number of carbonyl (C=O) groups is 1. The van der Waals surface area contributed by atoms with Crippen LogP contribution in [-0.4, -0.2) is 40.0 Å². The van der Waals surface area contributed by atoms with Crippen LogP contribution in [0.5, 0.6) is 0 Å². The molecule has 118 valence electrons. The molecule has 1 saturated carbocycles. The molecule has 21 heavy (non-hydrogen) atoms. The number of imidazole rings is 1. The second kappa shape index (κ2) is 7.31. The van der Waals surface area contributed by atoms with Crippen molar-refractivity contribution >= 4 is 17.7 Å². The lowest BCUT2D eigenvalue weighted by molar-refractivity contribution is -0.148. The minimum atomic E-state index is -0.538. The van der Waals surface area contributed by atoms with E-state index < -0.39 is 5.54 Å². The average Bonchev–Trinajstić information content (AvgIpc) is 3.18. The molecule has 0 amide bonds. The number of nitrogens with one attached hydrogen (secondary N) is 1. The number of rotatable bonds is 9.